The molecular weight excluding hydrogens is 234 g/mol. The SMILES string of the molecule is N#C[C@H](O)c1ccccc1Cl.[SiH3]O[SiH3]. The molecule has 0 amide bonds. The van der Waals surface area contributed by atoms with E-state index in [2.05, 4.69) is 4.12 Å². The summed E-state index contributed by atoms with van der Waals surface area (Å²) in [7, 11) is 1.86. The van der Waals surface area contributed by atoms with Crippen LogP contribution in [0, 0.1) is 11.3 Å². The lowest BCUT2D eigenvalue weighted by molar-refractivity contribution is 0.236. The third kappa shape index (κ3) is 4.55. The van der Waals surface area contributed by atoms with Gasteiger partial charge in [0.15, 0.2) is 6.10 Å². The molecule has 1 N–H and O–H groups in total. The summed E-state index contributed by atoms with van der Waals surface area (Å²) in [5.74, 6) is 0. The van der Waals surface area contributed by atoms with Crippen molar-refractivity contribution in [2.45, 2.75) is 6.10 Å². The quantitative estimate of drug-likeness (QED) is 0.534. The fourth-order valence-electron chi connectivity index (χ4n) is 0.766. The number of aliphatic hydroxyl groups is 1. The summed E-state index contributed by atoms with van der Waals surface area (Å²) in [4.78, 5) is 0. The molecule has 0 aliphatic rings. The maximum Gasteiger partial charge on any atom is 0.167 e. The molecule has 0 unspecified atom stereocenters. The Morgan fingerprint density at radius 1 is 1.43 bits per heavy atom. The molecule has 0 bridgehead atoms. The fourth-order valence-corrected chi connectivity index (χ4v) is 1.01. The minimum absolute atomic E-state index is 0.418. The van der Waals surface area contributed by atoms with Gasteiger partial charge in [-0.05, 0) is 6.07 Å². The largest absolute Gasteiger partial charge is 0.471 e. The number of benzene rings is 1. The van der Waals surface area contributed by atoms with E-state index in [1.54, 1.807) is 30.3 Å². The predicted octanol–water partition coefficient (Wildman–Crippen LogP) is -0.539. The molecule has 6 heteroatoms. The molecule has 3 nitrogen and oxygen atoms in total. The van der Waals surface area contributed by atoms with Gasteiger partial charge in [0.25, 0.3) is 0 Å². The fraction of sp³-hybridized carbons (Fsp3) is 0.125. The summed E-state index contributed by atoms with van der Waals surface area (Å²) in [6.45, 7) is 0. The Balaban J connectivity index is 0.000000500. The zero-order valence-corrected chi connectivity index (χ0v) is 12.8. The minimum atomic E-state index is -1.12. The second kappa shape index (κ2) is 7.73. The van der Waals surface area contributed by atoms with Crippen LogP contribution in [-0.4, -0.2) is 26.1 Å². The van der Waals surface area contributed by atoms with E-state index in [0.717, 1.165) is 21.0 Å². The molecule has 1 aromatic rings. The van der Waals surface area contributed by atoms with Gasteiger partial charge in [0.05, 0.1) is 6.07 Å². The zero-order valence-electron chi connectivity index (χ0n) is 8.07. The highest BCUT2D eigenvalue weighted by Crippen LogP contribution is 2.21. The van der Waals surface area contributed by atoms with E-state index in [0.29, 0.717) is 10.6 Å². The van der Waals surface area contributed by atoms with E-state index in [4.69, 9.17) is 22.0 Å². The molecule has 0 aliphatic heterocycles. The Kier molecular flexibility index (Phi) is 7.37. The third-order valence-corrected chi connectivity index (χ3v) is 1.67. The molecule has 0 aliphatic carbocycles. The highest BCUT2D eigenvalue weighted by Gasteiger charge is 2.07. The molecule has 14 heavy (non-hydrogen) atoms. The Bertz CT molecular complexity index is 316. The van der Waals surface area contributed by atoms with E-state index in [-0.39, 0.29) is 0 Å². The molecule has 0 saturated heterocycles. The molecule has 0 radical (unpaired) electrons. The van der Waals surface area contributed by atoms with Crippen LogP contribution in [0.2, 0.25) is 5.02 Å². The topological polar surface area (TPSA) is 53.2 Å². The molecule has 0 heterocycles. The smallest absolute Gasteiger partial charge is 0.167 e. The minimum Gasteiger partial charge on any atom is -0.471 e. The van der Waals surface area contributed by atoms with Crippen LogP contribution in [0.1, 0.15) is 11.7 Å². The zero-order chi connectivity index (χ0) is 11.0. The summed E-state index contributed by atoms with van der Waals surface area (Å²) in [5, 5.41) is 17.8. The Morgan fingerprint density at radius 2 is 1.93 bits per heavy atom. The van der Waals surface area contributed by atoms with Crippen LogP contribution in [-0.2, 0) is 4.12 Å². The lowest BCUT2D eigenvalue weighted by Crippen LogP contribution is -1.93. The van der Waals surface area contributed by atoms with Crippen LogP contribution in [0.15, 0.2) is 24.3 Å². The van der Waals surface area contributed by atoms with Gasteiger partial charge < -0.3 is 9.22 Å². The number of rotatable bonds is 1. The number of hydrogen-bond acceptors (Lipinski definition) is 3. The van der Waals surface area contributed by atoms with Gasteiger partial charge in [0.2, 0.25) is 0 Å². The molecule has 0 fully saturated rings. The summed E-state index contributed by atoms with van der Waals surface area (Å²) in [6, 6.07) is 8.42. The summed E-state index contributed by atoms with van der Waals surface area (Å²) in [5.41, 5.74) is 0.455. The van der Waals surface area contributed by atoms with Crippen LogP contribution in [0.5, 0.6) is 0 Å². The van der Waals surface area contributed by atoms with Crippen molar-refractivity contribution in [2.75, 3.05) is 0 Å². The summed E-state index contributed by atoms with van der Waals surface area (Å²) < 4.78 is 4.53. The van der Waals surface area contributed by atoms with Gasteiger partial charge in [-0.1, -0.05) is 29.8 Å². The van der Waals surface area contributed by atoms with Gasteiger partial charge in [-0.3, -0.25) is 0 Å². The van der Waals surface area contributed by atoms with E-state index in [9.17, 15) is 0 Å². The average molecular weight is 246 g/mol. The number of hydrogen-bond donors (Lipinski definition) is 1. The highest BCUT2D eigenvalue weighted by atomic mass is 35.5. The van der Waals surface area contributed by atoms with Crippen LogP contribution in [0.3, 0.4) is 0 Å². The Hall–Kier alpha value is -0.646. The van der Waals surface area contributed by atoms with Gasteiger partial charge in [0.1, 0.15) is 21.0 Å². The molecule has 1 atom stereocenters. The first-order valence-corrected chi connectivity index (χ1v) is 5.90. The standard InChI is InChI=1S/C8H6ClNO.H6OSi2/c9-7-4-2-1-3-6(7)8(11)5-10;2-1-3/h1-4,8,11H;2-3H3/t8-;/m0./s1. The molecular formula is C8H12ClNO2Si2. The van der Waals surface area contributed by atoms with Gasteiger partial charge in [-0.25, -0.2) is 0 Å². The van der Waals surface area contributed by atoms with Crippen molar-refractivity contribution < 1.29 is 9.22 Å². The van der Waals surface area contributed by atoms with Crippen LogP contribution in [0.4, 0.5) is 0 Å². The molecule has 0 aromatic heterocycles. The van der Waals surface area contributed by atoms with Gasteiger partial charge >= 0.3 is 0 Å². The van der Waals surface area contributed by atoms with E-state index >= 15 is 0 Å². The van der Waals surface area contributed by atoms with E-state index < -0.39 is 6.10 Å². The molecule has 1 aromatic carbocycles. The maximum atomic E-state index is 9.06. The monoisotopic (exact) mass is 245 g/mol. The Labute approximate surface area is 94.4 Å². The summed E-state index contributed by atoms with van der Waals surface area (Å²) >= 11 is 5.69. The van der Waals surface area contributed by atoms with Crippen LogP contribution in [0.25, 0.3) is 0 Å². The second-order valence-corrected chi connectivity index (χ2v) is 6.13. The Morgan fingerprint density at radius 3 is 2.36 bits per heavy atom. The van der Waals surface area contributed by atoms with Crippen LogP contribution >= 0.6 is 11.6 Å². The van der Waals surface area contributed by atoms with Crippen molar-refractivity contribution in [3.8, 4) is 6.07 Å². The van der Waals surface area contributed by atoms with Crippen molar-refractivity contribution >= 4 is 32.6 Å². The van der Waals surface area contributed by atoms with Crippen molar-refractivity contribution in [3.05, 3.63) is 34.9 Å². The third-order valence-electron chi connectivity index (χ3n) is 1.32. The van der Waals surface area contributed by atoms with Crippen molar-refractivity contribution in [2.24, 2.45) is 0 Å². The molecule has 1 rings (SSSR count). The lowest BCUT2D eigenvalue weighted by atomic mass is 10.1. The molecule has 76 valence electrons. The van der Waals surface area contributed by atoms with E-state index in [1.165, 1.54) is 0 Å². The van der Waals surface area contributed by atoms with Crippen molar-refractivity contribution in [1.29, 1.82) is 5.26 Å². The molecule has 0 saturated carbocycles. The number of nitrogens with zero attached hydrogens (tertiary/aromatic N) is 1. The number of halogens is 1. The maximum absolute atomic E-state index is 9.06. The van der Waals surface area contributed by atoms with Crippen molar-refractivity contribution in [1.82, 2.24) is 0 Å². The highest BCUT2D eigenvalue weighted by molar-refractivity contribution is 6.31. The predicted molar refractivity (Wildman–Crippen MR) is 63.0 cm³/mol. The first kappa shape index (κ1) is 13.4. The number of nitriles is 1. The van der Waals surface area contributed by atoms with Gasteiger partial charge in [-0.2, -0.15) is 5.26 Å². The average Bonchev–Trinajstić information content (AvgIpc) is 2.19. The lowest BCUT2D eigenvalue weighted by Gasteiger charge is -2.02. The van der Waals surface area contributed by atoms with E-state index in [1.807, 2.05) is 0 Å². The normalized spacial score (nSPS) is 11.2. The van der Waals surface area contributed by atoms with Gasteiger partial charge in [-0.15, -0.1) is 0 Å². The second-order valence-electron chi connectivity index (χ2n) is 2.46. The van der Waals surface area contributed by atoms with Gasteiger partial charge in [0, 0.05) is 10.6 Å². The first-order valence-electron chi connectivity index (χ1n) is 3.89. The first-order chi connectivity index (χ1) is 6.67. The molecule has 0 spiro atoms. The summed E-state index contributed by atoms with van der Waals surface area (Å²) in [6.07, 6.45) is -1.12. The van der Waals surface area contributed by atoms with Crippen molar-refractivity contribution in [3.63, 3.8) is 0 Å². The van der Waals surface area contributed by atoms with Crippen LogP contribution < -0.4 is 0 Å². The number of aliphatic hydroxyl groups excluding tert-OH is 1.